The second kappa shape index (κ2) is 7.03. The van der Waals surface area contributed by atoms with E-state index in [1.807, 2.05) is 31.2 Å². The van der Waals surface area contributed by atoms with Crippen LogP contribution in [-0.4, -0.2) is 35.7 Å². The summed E-state index contributed by atoms with van der Waals surface area (Å²) in [4.78, 5) is 25.7. The molecule has 30 heavy (non-hydrogen) atoms. The van der Waals surface area contributed by atoms with Gasteiger partial charge in [0.2, 0.25) is 5.88 Å². The zero-order valence-electron chi connectivity index (χ0n) is 16.0. The molecule has 0 saturated heterocycles. The fourth-order valence-corrected chi connectivity index (χ4v) is 3.26. The quantitative estimate of drug-likeness (QED) is 0.398. The molecule has 1 saturated carbocycles. The summed E-state index contributed by atoms with van der Waals surface area (Å²) in [5, 5.41) is 18.8. The minimum absolute atomic E-state index is 0.245. The summed E-state index contributed by atoms with van der Waals surface area (Å²) in [6, 6.07) is 7.83. The number of aromatic amines is 2. The minimum atomic E-state index is -0.494. The van der Waals surface area contributed by atoms with Crippen molar-refractivity contribution in [1.29, 1.82) is 0 Å². The predicted octanol–water partition coefficient (Wildman–Crippen LogP) is 1.77. The highest BCUT2D eigenvalue weighted by Gasteiger charge is 2.20. The summed E-state index contributed by atoms with van der Waals surface area (Å²) in [5.41, 5.74) is 2.77. The number of nitrogens with zero attached hydrogens (tertiary/aromatic N) is 4. The Balaban J connectivity index is 1.67. The standard InChI is InChI=1S/C20H18ClN7O2/c1-10-2-3-13(7-14(10)21)23-16-8-17(24-12-4-5-12)28-18(26-16)11(9-22-28)6-15-19(29)27-20(30)25-15/h2-3,6-9,12,23,29H,4-5H2,1H3,(H2,25,27,30)/b11-6+,24-17?. The molecular formula is C20H18ClN7O2. The van der Waals surface area contributed by atoms with E-state index in [1.54, 1.807) is 16.8 Å². The first-order valence-corrected chi connectivity index (χ1v) is 9.83. The summed E-state index contributed by atoms with van der Waals surface area (Å²) < 4.78 is 1.65. The van der Waals surface area contributed by atoms with Crippen molar-refractivity contribution in [3.63, 3.8) is 0 Å². The van der Waals surface area contributed by atoms with Gasteiger partial charge in [0.25, 0.3) is 0 Å². The smallest absolute Gasteiger partial charge is 0.326 e. The maximum absolute atomic E-state index is 11.4. The average molecular weight is 424 g/mol. The van der Waals surface area contributed by atoms with Gasteiger partial charge in [0.15, 0.2) is 11.1 Å². The molecule has 1 fully saturated rings. The zero-order valence-corrected chi connectivity index (χ0v) is 16.7. The summed E-state index contributed by atoms with van der Waals surface area (Å²) in [6.45, 7) is 1.94. The fourth-order valence-electron chi connectivity index (χ4n) is 3.08. The third-order valence-corrected chi connectivity index (χ3v) is 5.23. The number of nitrogens with one attached hydrogen (secondary N) is 3. The van der Waals surface area contributed by atoms with E-state index in [-0.39, 0.29) is 11.6 Å². The molecule has 0 bridgehead atoms. The highest BCUT2D eigenvalue weighted by atomic mass is 35.5. The molecular weight excluding hydrogens is 406 g/mol. The average Bonchev–Trinajstić information content (AvgIpc) is 3.34. The van der Waals surface area contributed by atoms with E-state index < -0.39 is 5.69 Å². The number of hydrogen-bond acceptors (Lipinski definition) is 6. The van der Waals surface area contributed by atoms with E-state index in [2.05, 4.69) is 25.4 Å². The van der Waals surface area contributed by atoms with Crippen molar-refractivity contribution in [3.8, 4) is 5.88 Å². The van der Waals surface area contributed by atoms with Crippen molar-refractivity contribution in [3.05, 3.63) is 67.9 Å². The Kier molecular flexibility index (Phi) is 4.32. The van der Waals surface area contributed by atoms with Crippen LogP contribution in [0.5, 0.6) is 5.88 Å². The van der Waals surface area contributed by atoms with Crippen LogP contribution in [0.3, 0.4) is 0 Å². The van der Waals surface area contributed by atoms with Crippen LogP contribution in [0.15, 0.2) is 40.2 Å². The molecule has 4 aromatic rings. The number of H-pyrrole nitrogens is 2. The molecule has 0 unspecified atom stereocenters. The Bertz CT molecular complexity index is 1450. The van der Waals surface area contributed by atoms with Gasteiger partial charge in [-0.15, -0.1) is 0 Å². The lowest BCUT2D eigenvalue weighted by Gasteiger charge is -2.08. The van der Waals surface area contributed by atoms with Gasteiger partial charge in [-0.3, -0.25) is 9.98 Å². The number of benzene rings is 1. The molecule has 1 aromatic carbocycles. The third kappa shape index (κ3) is 3.55. The predicted molar refractivity (Wildman–Crippen MR) is 113 cm³/mol. The number of rotatable bonds is 4. The van der Waals surface area contributed by atoms with Crippen molar-refractivity contribution in [2.75, 3.05) is 5.32 Å². The van der Waals surface area contributed by atoms with Gasteiger partial charge in [0.1, 0.15) is 11.5 Å². The molecule has 1 aliphatic carbocycles. The van der Waals surface area contributed by atoms with Crippen LogP contribution in [0.25, 0.3) is 11.7 Å². The van der Waals surface area contributed by atoms with E-state index in [9.17, 15) is 9.90 Å². The van der Waals surface area contributed by atoms with Gasteiger partial charge >= 0.3 is 5.69 Å². The summed E-state index contributed by atoms with van der Waals surface area (Å²) >= 11 is 6.24. The van der Waals surface area contributed by atoms with Crippen LogP contribution < -0.4 is 21.7 Å². The second-order valence-electron chi connectivity index (χ2n) is 7.27. The lowest BCUT2D eigenvalue weighted by atomic mass is 10.2. The van der Waals surface area contributed by atoms with Crippen LogP contribution in [-0.2, 0) is 0 Å². The largest absolute Gasteiger partial charge is 0.493 e. The van der Waals surface area contributed by atoms with Crippen molar-refractivity contribution < 1.29 is 5.11 Å². The lowest BCUT2D eigenvalue weighted by Crippen LogP contribution is -2.19. The Morgan fingerprint density at radius 3 is 2.87 bits per heavy atom. The van der Waals surface area contributed by atoms with Crippen molar-refractivity contribution in [2.24, 2.45) is 4.99 Å². The molecule has 0 aliphatic heterocycles. The maximum Gasteiger partial charge on any atom is 0.326 e. The number of aryl methyl sites for hydroxylation is 1. The Morgan fingerprint density at radius 1 is 1.33 bits per heavy atom. The Hall–Kier alpha value is -3.59. The summed E-state index contributed by atoms with van der Waals surface area (Å²) in [6.07, 6.45) is 5.33. The molecule has 3 heterocycles. The highest BCUT2D eigenvalue weighted by molar-refractivity contribution is 6.31. The van der Waals surface area contributed by atoms with Crippen LogP contribution in [0.2, 0.25) is 5.02 Å². The molecule has 0 atom stereocenters. The molecule has 1 aliphatic rings. The molecule has 0 radical (unpaired) electrons. The number of aromatic nitrogens is 5. The molecule has 4 N–H and O–H groups in total. The molecule has 152 valence electrons. The van der Waals surface area contributed by atoms with Crippen molar-refractivity contribution in [1.82, 2.24) is 24.6 Å². The second-order valence-corrected chi connectivity index (χ2v) is 7.68. The zero-order chi connectivity index (χ0) is 20.8. The van der Waals surface area contributed by atoms with Gasteiger partial charge in [-0.05, 0) is 43.5 Å². The Morgan fingerprint density at radius 2 is 2.17 bits per heavy atom. The molecule has 5 rings (SSSR count). The number of fused-ring (bicyclic) bond motifs is 1. The first kappa shape index (κ1) is 18.4. The Labute approximate surface area is 174 Å². The van der Waals surface area contributed by atoms with E-state index in [0.717, 1.165) is 24.1 Å². The van der Waals surface area contributed by atoms with Crippen LogP contribution in [0.1, 0.15) is 24.1 Å². The number of halogens is 1. The number of hydrogen-bond donors (Lipinski definition) is 4. The van der Waals surface area contributed by atoms with Gasteiger partial charge in [-0.2, -0.15) is 9.61 Å². The van der Waals surface area contributed by atoms with Crippen molar-refractivity contribution in [2.45, 2.75) is 25.8 Å². The van der Waals surface area contributed by atoms with Crippen LogP contribution >= 0.6 is 11.6 Å². The monoisotopic (exact) mass is 423 g/mol. The van der Waals surface area contributed by atoms with Gasteiger partial charge in [-0.1, -0.05) is 17.7 Å². The normalized spacial score (nSPS) is 15.3. The first-order valence-electron chi connectivity index (χ1n) is 9.45. The first-order chi connectivity index (χ1) is 14.5. The number of imidazole rings is 1. The maximum atomic E-state index is 11.4. The topological polar surface area (TPSA) is 123 Å². The van der Waals surface area contributed by atoms with Crippen LogP contribution in [0, 0.1) is 6.92 Å². The number of aromatic hydroxyl groups is 1. The van der Waals surface area contributed by atoms with E-state index in [0.29, 0.717) is 33.2 Å². The highest BCUT2D eigenvalue weighted by Crippen LogP contribution is 2.24. The SMILES string of the molecule is Cc1ccc(Nc2cc(=NC3CC3)n3nc/c(=C\c4[nH]c(=O)[nH]c4O)c3n2)cc1Cl. The third-order valence-electron chi connectivity index (χ3n) is 4.82. The van der Waals surface area contributed by atoms with Gasteiger partial charge < -0.3 is 15.4 Å². The van der Waals surface area contributed by atoms with Crippen LogP contribution in [0.4, 0.5) is 11.5 Å². The fraction of sp³-hybridized carbons (Fsp3) is 0.200. The molecule has 9 nitrogen and oxygen atoms in total. The molecule has 3 aromatic heterocycles. The van der Waals surface area contributed by atoms with Gasteiger partial charge in [0.05, 0.1) is 12.2 Å². The minimum Gasteiger partial charge on any atom is -0.493 e. The number of anilines is 2. The van der Waals surface area contributed by atoms with E-state index in [4.69, 9.17) is 16.6 Å². The van der Waals surface area contributed by atoms with E-state index in [1.165, 1.54) is 0 Å². The molecule has 0 amide bonds. The van der Waals surface area contributed by atoms with Gasteiger partial charge in [0, 0.05) is 22.0 Å². The summed E-state index contributed by atoms with van der Waals surface area (Å²) in [7, 11) is 0. The molecule has 10 heteroatoms. The van der Waals surface area contributed by atoms with Gasteiger partial charge in [-0.25, -0.2) is 9.78 Å². The van der Waals surface area contributed by atoms with E-state index >= 15 is 0 Å². The summed E-state index contributed by atoms with van der Waals surface area (Å²) in [5.74, 6) is 0.342. The molecule has 0 spiro atoms. The lowest BCUT2D eigenvalue weighted by molar-refractivity contribution is 0.454. The van der Waals surface area contributed by atoms with Crippen molar-refractivity contribution >= 4 is 34.8 Å².